The van der Waals surface area contributed by atoms with E-state index < -0.39 is 6.10 Å². The standard InChI is InChI=1S/C27H34O5/c1-3-11-25-27(31-21(2)28)26(30-20-23-14-8-5-9-15-23)18-24(32-25)16-10-17-29-19-22-12-6-4-7-13-22/h3-9,12-15,24-27H,1,10-11,16-20H2,2H3/t24-,25-,26+,27-/m0/s1. The lowest BCUT2D eigenvalue weighted by Gasteiger charge is -2.41. The summed E-state index contributed by atoms with van der Waals surface area (Å²) in [7, 11) is 0. The third-order valence-electron chi connectivity index (χ3n) is 5.53. The van der Waals surface area contributed by atoms with Gasteiger partial charge in [-0.1, -0.05) is 66.7 Å². The Hall–Kier alpha value is -2.47. The van der Waals surface area contributed by atoms with Crippen LogP contribution >= 0.6 is 0 Å². The van der Waals surface area contributed by atoms with Gasteiger partial charge in [0.2, 0.25) is 0 Å². The maximum absolute atomic E-state index is 11.7. The first-order chi connectivity index (χ1) is 15.7. The van der Waals surface area contributed by atoms with Crippen LogP contribution < -0.4 is 0 Å². The van der Waals surface area contributed by atoms with Gasteiger partial charge < -0.3 is 18.9 Å². The molecule has 172 valence electrons. The van der Waals surface area contributed by atoms with E-state index in [1.54, 1.807) is 6.08 Å². The Balaban J connectivity index is 1.54. The van der Waals surface area contributed by atoms with Crippen LogP contribution in [-0.2, 0) is 37.0 Å². The largest absolute Gasteiger partial charge is 0.457 e. The molecule has 0 aliphatic carbocycles. The van der Waals surface area contributed by atoms with Gasteiger partial charge in [-0.25, -0.2) is 0 Å². The van der Waals surface area contributed by atoms with Crippen molar-refractivity contribution in [3.8, 4) is 0 Å². The molecule has 32 heavy (non-hydrogen) atoms. The first-order valence-electron chi connectivity index (χ1n) is 11.4. The Morgan fingerprint density at radius 1 is 1.06 bits per heavy atom. The molecule has 3 rings (SSSR count). The van der Waals surface area contributed by atoms with E-state index in [9.17, 15) is 4.79 Å². The summed E-state index contributed by atoms with van der Waals surface area (Å²) in [4.78, 5) is 11.7. The van der Waals surface area contributed by atoms with Crippen LogP contribution in [0, 0.1) is 0 Å². The Labute approximate surface area is 191 Å². The summed E-state index contributed by atoms with van der Waals surface area (Å²) in [5.41, 5.74) is 2.26. The molecular weight excluding hydrogens is 404 g/mol. The molecule has 0 saturated carbocycles. The number of hydrogen-bond donors (Lipinski definition) is 0. The topological polar surface area (TPSA) is 54.0 Å². The van der Waals surface area contributed by atoms with Gasteiger partial charge in [0.25, 0.3) is 0 Å². The molecular formula is C27H34O5. The van der Waals surface area contributed by atoms with Gasteiger partial charge in [0, 0.05) is 20.0 Å². The maximum atomic E-state index is 11.7. The van der Waals surface area contributed by atoms with Crippen LogP contribution in [0.1, 0.15) is 43.7 Å². The van der Waals surface area contributed by atoms with Gasteiger partial charge in [-0.3, -0.25) is 4.79 Å². The molecule has 2 aromatic carbocycles. The van der Waals surface area contributed by atoms with E-state index >= 15 is 0 Å². The van der Waals surface area contributed by atoms with E-state index in [2.05, 4.69) is 18.7 Å². The van der Waals surface area contributed by atoms with Crippen molar-refractivity contribution >= 4 is 5.97 Å². The van der Waals surface area contributed by atoms with Crippen molar-refractivity contribution in [3.05, 3.63) is 84.4 Å². The third kappa shape index (κ3) is 7.90. The summed E-state index contributed by atoms with van der Waals surface area (Å²) >= 11 is 0. The van der Waals surface area contributed by atoms with Gasteiger partial charge in [0.1, 0.15) is 6.10 Å². The zero-order valence-corrected chi connectivity index (χ0v) is 18.9. The summed E-state index contributed by atoms with van der Waals surface area (Å²) in [6, 6.07) is 20.2. The fourth-order valence-corrected chi connectivity index (χ4v) is 4.01. The van der Waals surface area contributed by atoms with Crippen LogP contribution in [-0.4, -0.2) is 37.0 Å². The molecule has 1 aliphatic heterocycles. The summed E-state index contributed by atoms with van der Waals surface area (Å²) in [5.74, 6) is -0.325. The van der Waals surface area contributed by atoms with Gasteiger partial charge in [0.05, 0.1) is 25.4 Å². The highest BCUT2D eigenvalue weighted by Gasteiger charge is 2.40. The van der Waals surface area contributed by atoms with E-state index in [0.717, 1.165) is 18.4 Å². The Bertz CT molecular complexity index is 807. The summed E-state index contributed by atoms with van der Waals surface area (Å²) in [5, 5.41) is 0. The van der Waals surface area contributed by atoms with E-state index in [1.165, 1.54) is 12.5 Å². The van der Waals surface area contributed by atoms with Gasteiger partial charge in [-0.15, -0.1) is 6.58 Å². The smallest absolute Gasteiger partial charge is 0.303 e. The minimum atomic E-state index is -0.445. The molecule has 5 heteroatoms. The Morgan fingerprint density at radius 2 is 1.72 bits per heavy atom. The van der Waals surface area contributed by atoms with E-state index in [4.69, 9.17) is 18.9 Å². The number of carbonyl (C=O) groups is 1. The van der Waals surface area contributed by atoms with E-state index in [1.807, 2.05) is 48.5 Å². The lowest BCUT2D eigenvalue weighted by molar-refractivity contribution is -0.207. The van der Waals surface area contributed by atoms with Crippen molar-refractivity contribution in [2.45, 2.75) is 70.2 Å². The van der Waals surface area contributed by atoms with Crippen molar-refractivity contribution in [2.75, 3.05) is 6.61 Å². The summed E-state index contributed by atoms with van der Waals surface area (Å²) < 4.78 is 24.0. The molecule has 1 aliphatic rings. The number of benzene rings is 2. The van der Waals surface area contributed by atoms with E-state index in [0.29, 0.717) is 32.7 Å². The number of ether oxygens (including phenoxy) is 4. The maximum Gasteiger partial charge on any atom is 0.303 e. The van der Waals surface area contributed by atoms with Gasteiger partial charge in [-0.2, -0.15) is 0 Å². The second-order valence-corrected chi connectivity index (χ2v) is 8.15. The first-order valence-corrected chi connectivity index (χ1v) is 11.4. The molecule has 0 unspecified atom stereocenters. The van der Waals surface area contributed by atoms with Crippen LogP contribution in [0.5, 0.6) is 0 Å². The SMILES string of the molecule is C=CC[C@@H]1O[C@@H](CCCOCc2ccccc2)C[C@@H](OCc2ccccc2)[C@H]1OC(C)=O. The molecule has 0 bridgehead atoms. The fourth-order valence-electron chi connectivity index (χ4n) is 4.01. The number of hydrogen-bond acceptors (Lipinski definition) is 5. The highest BCUT2D eigenvalue weighted by molar-refractivity contribution is 5.66. The lowest BCUT2D eigenvalue weighted by Crippen LogP contribution is -2.51. The quantitative estimate of drug-likeness (QED) is 0.258. The van der Waals surface area contributed by atoms with Crippen molar-refractivity contribution in [2.24, 2.45) is 0 Å². The average Bonchev–Trinajstić information content (AvgIpc) is 2.80. The molecule has 0 N–H and O–H groups in total. The van der Waals surface area contributed by atoms with Crippen molar-refractivity contribution in [3.63, 3.8) is 0 Å². The monoisotopic (exact) mass is 438 g/mol. The second-order valence-electron chi connectivity index (χ2n) is 8.15. The van der Waals surface area contributed by atoms with Gasteiger partial charge in [-0.05, 0) is 30.4 Å². The molecule has 4 atom stereocenters. The normalized spacial score (nSPS) is 22.9. The lowest BCUT2D eigenvalue weighted by atomic mass is 9.93. The molecule has 0 amide bonds. The van der Waals surface area contributed by atoms with Crippen molar-refractivity contribution in [1.29, 1.82) is 0 Å². The van der Waals surface area contributed by atoms with Crippen LogP contribution in [0.2, 0.25) is 0 Å². The van der Waals surface area contributed by atoms with Crippen molar-refractivity contribution in [1.82, 2.24) is 0 Å². The van der Waals surface area contributed by atoms with Gasteiger partial charge in [0.15, 0.2) is 6.10 Å². The van der Waals surface area contributed by atoms with Crippen molar-refractivity contribution < 1.29 is 23.7 Å². The minimum Gasteiger partial charge on any atom is -0.457 e. The molecule has 0 spiro atoms. The molecule has 1 fully saturated rings. The third-order valence-corrected chi connectivity index (χ3v) is 5.53. The molecule has 2 aromatic rings. The highest BCUT2D eigenvalue weighted by atomic mass is 16.6. The number of rotatable bonds is 12. The minimum absolute atomic E-state index is 0.0212. The molecule has 1 heterocycles. The summed E-state index contributed by atoms with van der Waals surface area (Å²) in [6.45, 7) is 7.03. The molecule has 0 aromatic heterocycles. The Kier molecular flexibility index (Phi) is 9.95. The van der Waals surface area contributed by atoms with Crippen LogP contribution in [0.4, 0.5) is 0 Å². The zero-order chi connectivity index (χ0) is 22.6. The number of carbonyl (C=O) groups excluding carboxylic acids is 1. The predicted molar refractivity (Wildman–Crippen MR) is 124 cm³/mol. The second kappa shape index (κ2) is 13.2. The van der Waals surface area contributed by atoms with Gasteiger partial charge >= 0.3 is 5.97 Å². The molecule has 1 saturated heterocycles. The summed E-state index contributed by atoms with van der Waals surface area (Å²) in [6.07, 6.45) is 3.92. The fraction of sp³-hybridized carbons (Fsp3) is 0.444. The molecule has 0 radical (unpaired) electrons. The average molecular weight is 439 g/mol. The predicted octanol–water partition coefficient (Wildman–Crippen LogP) is 5.23. The zero-order valence-electron chi connectivity index (χ0n) is 18.9. The van der Waals surface area contributed by atoms with Crippen LogP contribution in [0.25, 0.3) is 0 Å². The van der Waals surface area contributed by atoms with Crippen LogP contribution in [0.3, 0.4) is 0 Å². The first kappa shape index (κ1) is 24.2. The van der Waals surface area contributed by atoms with E-state index in [-0.39, 0.29) is 24.3 Å². The number of esters is 1. The molecule has 5 nitrogen and oxygen atoms in total. The Morgan fingerprint density at radius 3 is 2.34 bits per heavy atom. The van der Waals surface area contributed by atoms with Crippen LogP contribution in [0.15, 0.2) is 73.3 Å². The highest BCUT2D eigenvalue weighted by Crippen LogP contribution is 2.30.